The van der Waals surface area contributed by atoms with E-state index in [1.807, 2.05) is 84.6 Å². The Hall–Kier alpha value is -4.86. The summed E-state index contributed by atoms with van der Waals surface area (Å²) < 4.78 is 4.06. The van der Waals surface area contributed by atoms with Crippen molar-refractivity contribution in [2.75, 3.05) is 5.43 Å². The van der Waals surface area contributed by atoms with Gasteiger partial charge in [-0.2, -0.15) is 10.2 Å². The summed E-state index contributed by atoms with van der Waals surface area (Å²) in [5.41, 5.74) is 11.3. The summed E-state index contributed by atoms with van der Waals surface area (Å²) in [6.45, 7) is 6.23. The van der Waals surface area contributed by atoms with Crippen LogP contribution in [0.4, 0.5) is 5.82 Å². The van der Waals surface area contributed by atoms with E-state index in [9.17, 15) is 0 Å². The molecule has 0 fully saturated rings. The van der Waals surface area contributed by atoms with Crippen LogP contribution in [0.5, 0.6) is 0 Å². The Morgan fingerprint density at radius 2 is 1.58 bits per heavy atom. The molecule has 0 aliphatic rings. The Morgan fingerprint density at radius 1 is 0.814 bits per heavy atom. The molecule has 0 atom stereocenters. The second-order valence-electron chi connectivity index (χ2n) is 10.2. The predicted molar refractivity (Wildman–Crippen MR) is 178 cm³/mol. The normalized spacial score (nSPS) is 11.6. The van der Waals surface area contributed by atoms with Gasteiger partial charge in [0.2, 0.25) is 0 Å². The van der Waals surface area contributed by atoms with Crippen LogP contribution in [0.1, 0.15) is 22.4 Å². The molecule has 7 rings (SSSR count). The highest BCUT2D eigenvalue weighted by atomic mass is 32.2. The average molecular weight is 598 g/mol. The van der Waals surface area contributed by atoms with Gasteiger partial charge in [-0.25, -0.2) is 9.67 Å². The minimum Gasteiger partial charge on any atom is -0.259 e. The lowest BCUT2D eigenvalue weighted by atomic mass is 10.0. The third kappa shape index (κ3) is 5.29. The number of benzene rings is 4. The Kier molecular flexibility index (Phi) is 7.18. The molecule has 0 amide bonds. The number of hydrazone groups is 1. The van der Waals surface area contributed by atoms with E-state index in [1.165, 1.54) is 11.1 Å². The lowest BCUT2D eigenvalue weighted by Crippen LogP contribution is -2.00. The minimum absolute atomic E-state index is 0.591. The first-order valence-corrected chi connectivity index (χ1v) is 15.5. The van der Waals surface area contributed by atoms with Gasteiger partial charge in [0.25, 0.3) is 0 Å². The summed E-state index contributed by atoms with van der Waals surface area (Å²) in [7, 11) is 0. The minimum atomic E-state index is 0.591. The van der Waals surface area contributed by atoms with Crippen LogP contribution in [-0.4, -0.2) is 31.2 Å². The van der Waals surface area contributed by atoms with Gasteiger partial charge in [-0.05, 0) is 74.0 Å². The number of hydrogen-bond acceptors (Lipinski definition) is 8. The molecule has 0 aliphatic heterocycles. The molecule has 0 spiro atoms. The van der Waals surface area contributed by atoms with Crippen LogP contribution in [0.25, 0.3) is 37.9 Å². The van der Waals surface area contributed by atoms with E-state index in [-0.39, 0.29) is 0 Å². The predicted octanol–water partition coefficient (Wildman–Crippen LogP) is 8.61. The lowest BCUT2D eigenvalue weighted by molar-refractivity contribution is 0.793. The number of para-hydroxylation sites is 2. The largest absolute Gasteiger partial charge is 0.259 e. The second-order valence-corrected chi connectivity index (χ2v) is 12.5. The average Bonchev–Trinajstić information content (AvgIpc) is 3.59. The number of hydrogen-bond donors (Lipinski definition) is 1. The number of aryl methyl sites for hydroxylation is 3. The molecule has 3 aromatic heterocycles. The van der Waals surface area contributed by atoms with E-state index in [0.717, 1.165) is 58.6 Å². The van der Waals surface area contributed by atoms with Crippen molar-refractivity contribution in [1.82, 2.24) is 25.0 Å². The van der Waals surface area contributed by atoms with E-state index < -0.39 is 0 Å². The zero-order valence-electron chi connectivity index (χ0n) is 23.8. The molecule has 7 aromatic rings. The van der Waals surface area contributed by atoms with Gasteiger partial charge in [0.15, 0.2) is 10.2 Å². The van der Waals surface area contributed by atoms with Crippen LogP contribution in [-0.2, 0) is 0 Å². The van der Waals surface area contributed by atoms with Crippen LogP contribution in [0, 0.1) is 20.8 Å². The van der Waals surface area contributed by atoms with Crippen LogP contribution in [0.3, 0.4) is 0 Å². The first-order valence-electron chi connectivity index (χ1n) is 13.9. The molecule has 7 nitrogen and oxygen atoms in total. The van der Waals surface area contributed by atoms with Gasteiger partial charge in [0.05, 0.1) is 33.4 Å². The molecular formula is C34H27N7S2. The third-order valence-electron chi connectivity index (χ3n) is 7.35. The SMILES string of the molecule is Cc1ccc(-c2nnc(NN=Cc3c(C)nn(-c4ccccc4)c3Sc3nc4ccccc4s3)c3ccccc23)cc1C. The number of fused-ring (bicyclic) bond motifs is 2. The number of aromatic nitrogens is 5. The Balaban J connectivity index is 1.25. The van der Waals surface area contributed by atoms with Crippen molar-refractivity contribution < 1.29 is 0 Å². The molecule has 0 saturated carbocycles. The monoisotopic (exact) mass is 597 g/mol. The van der Waals surface area contributed by atoms with Crippen LogP contribution >= 0.6 is 23.1 Å². The van der Waals surface area contributed by atoms with Gasteiger partial charge in [0.1, 0.15) is 10.7 Å². The molecule has 210 valence electrons. The summed E-state index contributed by atoms with van der Waals surface area (Å²) in [6.07, 6.45) is 1.81. The van der Waals surface area contributed by atoms with Crippen molar-refractivity contribution >= 4 is 56.1 Å². The first-order chi connectivity index (χ1) is 21.0. The fraction of sp³-hybridized carbons (Fsp3) is 0.0882. The first kappa shape index (κ1) is 27.0. The summed E-state index contributed by atoms with van der Waals surface area (Å²) in [4.78, 5) is 4.86. The number of anilines is 1. The van der Waals surface area contributed by atoms with Crippen molar-refractivity contribution in [3.05, 3.63) is 119 Å². The fourth-order valence-corrected chi connectivity index (χ4v) is 7.16. The van der Waals surface area contributed by atoms with Crippen LogP contribution in [0.15, 0.2) is 112 Å². The smallest absolute Gasteiger partial charge is 0.176 e. The van der Waals surface area contributed by atoms with Gasteiger partial charge in [-0.1, -0.05) is 66.7 Å². The van der Waals surface area contributed by atoms with E-state index in [2.05, 4.69) is 64.9 Å². The number of thiazole rings is 1. The van der Waals surface area contributed by atoms with Crippen molar-refractivity contribution in [3.63, 3.8) is 0 Å². The summed E-state index contributed by atoms with van der Waals surface area (Å²) >= 11 is 3.26. The molecule has 0 unspecified atom stereocenters. The Bertz CT molecular complexity index is 2100. The Labute approximate surface area is 257 Å². The van der Waals surface area contributed by atoms with Crippen molar-refractivity contribution in [2.45, 2.75) is 30.1 Å². The highest BCUT2D eigenvalue weighted by molar-refractivity contribution is 8.01. The number of nitrogens with one attached hydrogen (secondary N) is 1. The molecule has 0 aliphatic carbocycles. The van der Waals surface area contributed by atoms with Gasteiger partial charge in [-0.3, -0.25) is 5.43 Å². The third-order valence-corrected chi connectivity index (χ3v) is 9.54. The van der Waals surface area contributed by atoms with E-state index in [1.54, 1.807) is 23.1 Å². The summed E-state index contributed by atoms with van der Waals surface area (Å²) in [6, 6.07) is 32.8. The van der Waals surface area contributed by atoms with E-state index >= 15 is 0 Å². The maximum Gasteiger partial charge on any atom is 0.176 e. The fourth-order valence-electron chi connectivity index (χ4n) is 4.93. The summed E-state index contributed by atoms with van der Waals surface area (Å²) in [5.74, 6) is 0.591. The highest BCUT2D eigenvalue weighted by Crippen LogP contribution is 2.38. The quantitative estimate of drug-likeness (QED) is 0.146. The second kappa shape index (κ2) is 11.4. The molecule has 0 radical (unpaired) electrons. The summed E-state index contributed by atoms with van der Waals surface area (Å²) in [5, 5.41) is 21.6. The number of rotatable bonds is 7. The maximum atomic E-state index is 4.89. The van der Waals surface area contributed by atoms with Crippen molar-refractivity contribution in [2.24, 2.45) is 5.10 Å². The molecule has 4 aromatic carbocycles. The van der Waals surface area contributed by atoms with E-state index in [4.69, 9.17) is 10.1 Å². The molecular weight excluding hydrogens is 571 g/mol. The van der Waals surface area contributed by atoms with Crippen LogP contribution in [0.2, 0.25) is 0 Å². The molecule has 0 saturated heterocycles. The Morgan fingerprint density at radius 3 is 2.40 bits per heavy atom. The maximum absolute atomic E-state index is 4.89. The van der Waals surface area contributed by atoms with Gasteiger partial charge < -0.3 is 0 Å². The zero-order valence-corrected chi connectivity index (χ0v) is 25.4. The van der Waals surface area contributed by atoms with Crippen LogP contribution < -0.4 is 5.43 Å². The zero-order chi connectivity index (χ0) is 29.3. The lowest BCUT2D eigenvalue weighted by Gasteiger charge is -2.10. The van der Waals surface area contributed by atoms with Crippen molar-refractivity contribution in [1.29, 1.82) is 0 Å². The highest BCUT2D eigenvalue weighted by Gasteiger charge is 2.19. The molecule has 3 heterocycles. The molecule has 0 bridgehead atoms. The van der Waals surface area contributed by atoms with Gasteiger partial charge >= 0.3 is 0 Å². The standard InChI is InChI=1S/C34H27N7S2/c1-21-17-18-24(19-22(21)2)31-26-13-7-8-14-27(26)32(39-37-31)38-35-20-28-23(3)40-41(25-11-5-4-6-12-25)33(28)43-34-36-29-15-9-10-16-30(29)42-34/h4-20H,1-3H3,(H,38,39). The van der Waals surface area contributed by atoms with Gasteiger partial charge in [-0.15, -0.1) is 21.5 Å². The topological polar surface area (TPSA) is 80.9 Å². The van der Waals surface area contributed by atoms with E-state index in [0.29, 0.717) is 5.82 Å². The number of nitrogens with zero attached hydrogens (tertiary/aromatic N) is 6. The van der Waals surface area contributed by atoms with Crippen molar-refractivity contribution in [3.8, 4) is 16.9 Å². The van der Waals surface area contributed by atoms with Gasteiger partial charge in [0, 0.05) is 16.3 Å². The molecule has 43 heavy (non-hydrogen) atoms. The molecule has 9 heteroatoms. The molecule has 1 N–H and O–H groups in total.